The quantitative estimate of drug-likeness (QED) is 0.681. The van der Waals surface area contributed by atoms with Crippen LogP contribution in [0.1, 0.15) is 19.8 Å². The highest BCUT2D eigenvalue weighted by molar-refractivity contribution is 7.90. The largest absolute Gasteiger partial charge is 0.317 e. The number of nitrogens with one attached hydrogen (secondary N) is 2. The molecule has 132 valence electrons. The van der Waals surface area contributed by atoms with Crippen molar-refractivity contribution in [3.63, 3.8) is 0 Å². The summed E-state index contributed by atoms with van der Waals surface area (Å²) in [7, 11) is -7.70. The van der Waals surface area contributed by atoms with E-state index in [0.29, 0.717) is 6.54 Å². The second-order valence-electron chi connectivity index (χ2n) is 5.91. The molecule has 4 N–H and O–H groups in total. The molecule has 0 unspecified atom stereocenters. The lowest BCUT2D eigenvalue weighted by molar-refractivity contribution is 0.232. The number of rotatable bonds is 5. The molecule has 0 radical (unpaired) electrons. The zero-order chi connectivity index (χ0) is 16.4. The molecule has 0 bridgehead atoms. The van der Waals surface area contributed by atoms with Gasteiger partial charge in [-0.2, -0.15) is 0 Å². The van der Waals surface area contributed by atoms with Crippen molar-refractivity contribution in [2.75, 3.05) is 19.6 Å². The minimum absolute atomic E-state index is 0. The average Bonchev–Trinajstić information content (AvgIpc) is 2.46. The highest BCUT2D eigenvalue weighted by Crippen LogP contribution is 2.27. The Labute approximate surface area is 143 Å². The zero-order valence-electron chi connectivity index (χ0n) is 12.8. The normalized spacial score (nSPS) is 18.2. The molecule has 10 heteroatoms. The predicted octanol–water partition coefficient (Wildman–Crippen LogP) is 0.424. The fraction of sp³-hybridized carbons (Fsp3) is 0.538. The van der Waals surface area contributed by atoms with Gasteiger partial charge in [-0.15, -0.1) is 12.4 Å². The molecule has 1 aliphatic heterocycles. The first-order valence-corrected chi connectivity index (χ1v) is 9.99. The zero-order valence-corrected chi connectivity index (χ0v) is 15.2. The summed E-state index contributed by atoms with van der Waals surface area (Å²) in [6, 6.07) is 5.05. The topological polar surface area (TPSA) is 118 Å². The fourth-order valence-corrected chi connectivity index (χ4v) is 4.26. The minimum atomic E-state index is -3.93. The van der Waals surface area contributed by atoms with Crippen molar-refractivity contribution in [2.24, 2.45) is 10.6 Å². The summed E-state index contributed by atoms with van der Waals surface area (Å²) in [5.41, 5.74) is -0.101. The van der Waals surface area contributed by atoms with E-state index < -0.39 is 20.0 Å². The number of piperidine rings is 1. The Morgan fingerprint density at radius 2 is 1.74 bits per heavy atom. The first-order valence-electron chi connectivity index (χ1n) is 6.96. The summed E-state index contributed by atoms with van der Waals surface area (Å²) in [6.45, 7) is 4.08. The third kappa shape index (κ3) is 5.40. The summed E-state index contributed by atoms with van der Waals surface area (Å²) in [5.74, 6) is 0. The van der Waals surface area contributed by atoms with Gasteiger partial charge < -0.3 is 5.32 Å². The van der Waals surface area contributed by atoms with Crippen LogP contribution in [0, 0.1) is 5.41 Å². The van der Waals surface area contributed by atoms with Crippen LogP contribution < -0.4 is 15.2 Å². The van der Waals surface area contributed by atoms with Crippen LogP contribution in [0.15, 0.2) is 34.1 Å². The van der Waals surface area contributed by atoms with Crippen LogP contribution in [0.4, 0.5) is 0 Å². The van der Waals surface area contributed by atoms with Crippen molar-refractivity contribution in [1.29, 1.82) is 0 Å². The monoisotopic (exact) mass is 383 g/mol. The lowest BCUT2D eigenvalue weighted by Crippen LogP contribution is -2.42. The van der Waals surface area contributed by atoms with E-state index in [2.05, 4.69) is 10.0 Å². The van der Waals surface area contributed by atoms with Crippen molar-refractivity contribution in [3.8, 4) is 0 Å². The van der Waals surface area contributed by atoms with Gasteiger partial charge in [0.1, 0.15) is 0 Å². The van der Waals surface area contributed by atoms with E-state index in [-0.39, 0.29) is 27.6 Å². The number of hydrogen-bond donors (Lipinski definition) is 3. The molecule has 1 saturated heterocycles. The molecule has 2 rings (SSSR count). The predicted molar refractivity (Wildman–Crippen MR) is 90.5 cm³/mol. The van der Waals surface area contributed by atoms with E-state index >= 15 is 0 Å². The van der Waals surface area contributed by atoms with Gasteiger partial charge in [0.25, 0.3) is 0 Å². The molecule has 1 heterocycles. The maximum absolute atomic E-state index is 12.3. The standard InChI is InChI=1S/C13H21N3O4S2.ClH/c1-13(5-7-15-8-6-13)10-16-22(19,20)12-4-2-3-11(9-12)21(14,17)18;/h2-4,9,15-16H,5-8,10H2,1H3,(H2,14,17,18);1H. The third-order valence-electron chi connectivity index (χ3n) is 3.94. The van der Waals surface area contributed by atoms with Crippen LogP contribution in [0.5, 0.6) is 0 Å². The fourth-order valence-electron chi connectivity index (χ4n) is 2.38. The molecule has 1 aromatic rings. The molecular weight excluding hydrogens is 362 g/mol. The van der Waals surface area contributed by atoms with Gasteiger partial charge in [0.15, 0.2) is 0 Å². The average molecular weight is 384 g/mol. The molecule has 7 nitrogen and oxygen atoms in total. The number of benzene rings is 1. The third-order valence-corrected chi connectivity index (χ3v) is 6.25. The van der Waals surface area contributed by atoms with Crippen LogP contribution in [-0.4, -0.2) is 36.5 Å². The van der Waals surface area contributed by atoms with Crippen LogP contribution in [0.3, 0.4) is 0 Å². The summed E-state index contributed by atoms with van der Waals surface area (Å²) in [6.07, 6.45) is 1.76. The SMILES string of the molecule is CC1(CNS(=O)(=O)c2cccc(S(N)(=O)=O)c2)CCNCC1.Cl. The molecule has 0 atom stereocenters. The van der Waals surface area contributed by atoms with E-state index in [0.717, 1.165) is 32.0 Å². The summed E-state index contributed by atoms with van der Waals surface area (Å²) < 4.78 is 49.9. The van der Waals surface area contributed by atoms with Crippen LogP contribution in [-0.2, 0) is 20.0 Å². The van der Waals surface area contributed by atoms with Gasteiger partial charge in [0.2, 0.25) is 20.0 Å². The summed E-state index contributed by atoms with van der Waals surface area (Å²) in [4.78, 5) is -0.319. The van der Waals surface area contributed by atoms with Crippen molar-refractivity contribution >= 4 is 32.5 Å². The molecule has 0 amide bonds. The van der Waals surface area contributed by atoms with Gasteiger partial charge in [0.05, 0.1) is 9.79 Å². The van der Waals surface area contributed by atoms with Crippen molar-refractivity contribution in [3.05, 3.63) is 24.3 Å². The van der Waals surface area contributed by atoms with Crippen molar-refractivity contribution < 1.29 is 16.8 Å². The Kier molecular flexibility index (Phi) is 6.59. The summed E-state index contributed by atoms with van der Waals surface area (Å²) >= 11 is 0. The maximum Gasteiger partial charge on any atom is 0.240 e. The highest BCUT2D eigenvalue weighted by Gasteiger charge is 2.29. The second kappa shape index (κ2) is 7.45. The lowest BCUT2D eigenvalue weighted by atomic mass is 9.81. The first-order chi connectivity index (χ1) is 10.1. The van der Waals surface area contributed by atoms with Gasteiger partial charge in [-0.3, -0.25) is 0 Å². The molecule has 23 heavy (non-hydrogen) atoms. The Balaban J connectivity index is 0.00000264. The molecule has 1 fully saturated rings. The van der Waals surface area contributed by atoms with Crippen molar-refractivity contribution in [1.82, 2.24) is 10.0 Å². The maximum atomic E-state index is 12.3. The highest BCUT2D eigenvalue weighted by atomic mass is 35.5. The Morgan fingerprint density at radius 3 is 2.30 bits per heavy atom. The number of hydrogen-bond acceptors (Lipinski definition) is 5. The van der Waals surface area contributed by atoms with E-state index in [1.54, 1.807) is 0 Å². The minimum Gasteiger partial charge on any atom is -0.317 e. The Bertz CT molecular complexity index is 744. The van der Waals surface area contributed by atoms with E-state index in [1.165, 1.54) is 18.2 Å². The van der Waals surface area contributed by atoms with E-state index in [9.17, 15) is 16.8 Å². The number of halogens is 1. The Morgan fingerprint density at radius 1 is 1.17 bits per heavy atom. The molecule has 0 spiro atoms. The molecule has 1 aliphatic rings. The van der Waals surface area contributed by atoms with Gasteiger partial charge >= 0.3 is 0 Å². The number of sulfonamides is 2. The first kappa shape index (κ1) is 20.3. The van der Waals surface area contributed by atoms with Crippen LogP contribution in [0.25, 0.3) is 0 Å². The number of nitrogens with two attached hydrogens (primary N) is 1. The van der Waals surface area contributed by atoms with E-state index in [1.807, 2.05) is 6.92 Å². The van der Waals surface area contributed by atoms with Gasteiger partial charge in [-0.25, -0.2) is 26.7 Å². The number of primary sulfonamides is 1. The molecule has 1 aromatic carbocycles. The van der Waals surface area contributed by atoms with E-state index in [4.69, 9.17) is 5.14 Å². The molecular formula is C13H22ClN3O4S2. The van der Waals surface area contributed by atoms with Crippen LogP contribution in [0.2, 0.25) is 0 Å². The van der Waals surface area contributed by atoms with Crippen LogP contribution >= 0.6 is 12.4 Å². The molecule has 0 aromatic heterocycles. The molecule has 0 saturated carbocycles. The van der Waals surface area contributed by atoms with Crippen molar-refractivity contribution in [2.45, 2.75) is 29.6 Å². The second-order valence-corrected chi connectivity index (χ2v) is 9.23. The van der Waals surface area contributed by atoms with Gasteiger partial charge in [-0.05, 0) is 49.5 Å². The Hall–Kier alpha value is -0.710. The summed E-state index contributed by atoms with van der Waals surface area (Å²) in [5, 5.41) is 8.27. The smallest absolute Gasteiger partial charge is 0.240 e. The van der Waals surface area contributed by atoms with Gasteiger partial charge in [-0.1, -0.05) is 13.0 Å². The van der Waals surface area contributed by atoms with Gasteiger partial charge in [0, 0.05) is 6.54 Å². The lowest BCUT2D eigenvalue weighted by Gasteiger charge is -2.34. The molecule has 0 aliphatic carbocycles.